The van der Waals surface area contributed by atoms with Crippen LogP contribution in [0.5, 0.6) is 0 Å². The van der Waals surface area contributed by atoms with Crippen LogP contribution in [0.15, 0.2) is 11.0 Å². The van der Waals surface area contributed by atoms with Crippen molar-refractivity contribution in [1.82, 2.24) is 4.57 Å². The fourth-order valence-corrected chi connectivity index (χ4v) is 1.69. The Morgan fingerprint density at radius 3 is 2.91 bits per heavy atom. The molecular formula is C7H12N2OS. The van der Waals surface area contributed by atoms with E-state index >= 15 is 0 Å². The molecule has 1 aromatic rings. The fourth-order valence-electron chi connectivity index (χ4n) is 0.882. The third-order valence-electron chi connectivity index (χ3n) is 1.47. The Morgan fingerprint density at radius 1 is 1.73 bits per heavy atom. The van der Waals surface area contributed by atoms with Crippen LogP contribution in [0.1, 0.15) is 11.8 Å². The Kier molecular flexibility index (Phi) is 2.84. The molecule has 1 aromatic heterocycles. The van der Waals surface area contributed by atoms with E-state index in [2.05, 4.69) is 0 Å². The molecular weight excluding hydrogens is 160 g/mol. The molecule has 0 aliphatic rings. The van der Waals surface area contributed by atoms with Gasteiger partial charge in [-0.05, 0) is 6.42 Å². The highest BCUT2D eigenvalue weighted by Crippen LogP contribution is 2.03. The van der Waals surface area contributed by atoms with Crippen LogP contribution in [0.25, 0.3) is 0 Å². The molecule has 62 valence electrons. The molecule has 0 bridgehead atoms. The number of hydrogen-bond acceptors (Lipinski definition) is 3. The molecule has 0 aliphatic heterocycles. The van der Waals surface area contributed by atoms with Crippen molar-refractivity contribution in [2.75, 3.05) is 6.54 Å². The highest BCUT2D eigenvalue weighted by Gasteiger charge is 1.99. The van der Waals surface area contributed by atoms with Crippen LogP contribution in [0.4, 0.5) is 0 Å². The summed E-state index contributed by atoms with van der Waals surface area (Å²) in [6.45, 7) is 3.20. The van der Waals surface area contributed by atoms with Gasteiger partial charge in [-0.1, -0.05) is 18.3 Å². The number of thiazole rings is 1. The minimum atomic E-state index is 0.104. The van der Waals surface area contributed by atoms with Gasteiger partial charge in [-0.2, -0.15) is 0 Å². The number of aromatic nitrogens is 1. The third-order valence-corrected chi connectivity index (χ3v) is 2.54. The first-order chi connectivity index (χ1) is 5.27. The van der Waals surface area contributed by atoms with Crippen molar-refractivity contribution in [3.63, 3.8) is 0 Å². The van der Waals surface area contributed by atoms with Crippen molar-refractivity contribution in [3.8, 4) is 0 Å². The van der Waals surface area contributed by atoms with Crippen LogP contribution in [0.3, 0.4) is 0 Å². The van der Waals surface area contributed by atoms with Gasteiger partial charge in [-0.3, -0.25) is 4.79 Å². The van der Waals surface area contributed by atoms with Gasteiger partial charge in [0.15, 0.2) is 0 Å². The molecule has 0 radical (unpaired) electrons. The van der Waals surface area contributed by atoms with Crippen molar-refractivity contribution in [3.05, 3.63) is 20.7 Å². The van der Waals surface area contributed by atoms with Crippen molar-refractivity contribution >= 4 is 11.3 Å². The summed E-state index contributed by atoms with van der Waals surface area (Å²) >= 11 is 1.31. The SMILES string of the molecule is CCc1cn(CCN)c(=O)s1. The molecule has 0 fully saturated rings. The van der Waals surface area contributed by atoms with Gasteiger partial charge in [0.1, 0.15) is 0 Å². The lowest BCUT2D eigenvalue weighted by molar-refractivity contribution is 0.695. The molecule has 2 N–H and O–H groups in total. The quantitative estimate of drug-likeness (QED) is 0.718. The lowest BCUT2D eigenvalue weighted by Gasteiger charge is -1.94. The fraction of sp³-hybridized carbons (Fsp3) is 0.571. The van der Waals surface area contributed by atoms with E-state index in [-0.39, 0.29) is 4.87 Å². The molecule has 0 saturated carbocycles. The molecule has 0 aliphatic carbocycles. The highest BCUT2D eigenvalue weighted by molar-refractivity contribution is 7.09. The molecule has 0 saturated heterocycles. The van der Waals surface area contributed by atoms with Crippen LogP contribution in [-0.4, -0.2) is 11.1 Å². The van der Waals surface area contributed by atoms with E-state index in [0.29, 0.717) is 13.1 Å². The van der Waals surface area contributed by atoms with Gasteiger partial charge in [0, 0.05) is 24.2 Å². The molecule has 4 heteroatoms. The Morgan fingerprint density at radius 2 is 2.45 bits per heavy atom. The first-order valence-corrected chi connectivity index (χ1v) is 4.48. The van der Waals surface area contributed by atoms with Crippen LogP contribution in [0, 0.1) is 0 Å². The van der Waals surface area contributed by atoms with Gasteiger partial charge in [0.25, 0.3) is 0 Å². The average Bonchev–Trinajstić information content (AvgIpc) is 2.33. The second-order valence-corrected chi connectivity index (χ2v) is 3.38. The van der Waals surface area contributed by atoms with Crippen molar-refractivity contribution in [2.45, 2.75) is 19.9 Å². The van der Waals surface area contributed by atoms with E-state index in [1.54, 1.807) is 4.57 Å². The zero-order valence-corrected chi connectivity index (χ0v) is 7.36. The summed E-state index contributed by atoms with van der Waals surface area (Å²) in [5.74, 6) is 0. The lowest BCUT2D eigenvalue weighted by atomic mass is 10.4. The number of nitrogens with two attached hydrogens (primary N) is 1. The Labute approximate surface area is 69.5 Å². The minimum absolute atomic E-state index is 0.104. The molecule has 1 heterocycles. The minimum Gasteiger partial charge on any atom is -0.329 e. The second kappa shape index (κ2) is 3.69. The van der Waals surface area contributed by atoms with Crippen LogP contribution in [-0.2, 0) is 13.0 Å². The molecule has 11 heavy (non-hydrogen) atoms. The Hall–Kier alpha value is -0.610. The third kappa shape index (κ3) is 1.91. The van der Waals surface area contributed by atoms with Gasteiger partial charge in [0.2, 0.25) is 0 Å². The number of nitrogens with zero attached hydrogens (tertiary/aromatic N) is 1. The Balaban J connectivity index is 2.88. The topological polar surface area (TPSA) is 48.0 Å². The van der Waals surface area contributed by atoms with E-state index < -0.39 is 0 Å². The normalized spacial score (nSPS) is 10.4. The first-order valence-electron chi connectivity index (χ1n) is 3.67. The van der Waals surface area contributed by atoms with E-state index in [9.17, 15) is 4.79 Å². The van der Waals surface area contributed by atoms with Crippen LogP contribution < -0.4 is 10.6 Å². The monoisotopic (exact) mass is 172 g/mol. The maximum absolute atomic E-state index is 11.1. The summed E-state index contributed by atoms with van der Waals surface area (Å²) in [7, 11) is 0. The molecule has 0 atom stereocenters. The smallest absolute Gasteiger partial charge is 0.307 e. The summed E-state index contributed by atoms with van der Waals surface area (Å²) in [4.78, 5) is 12.3. The second-order valence-electron chi connectivity index (χ2n) is 2.30. The predicted octanol–water partition coefficient (Wildman–Crippen LogP) is 0.431. The molecule has 1 rings (SSSR count). The standard InChI is InChI=1S/C7H12N2OS/c1-2-6-5-9(4-3-8)7(10)11-6/h5H,2-4,8H2,1H3. The van der Waals surface area contributed by atoms with Gasteiger partial charge in [0.05, 0.1) is 0 Å². The molecule has 0 unspecified atom stereocenters. The van der Waals surface area contributed by atoms with Crippen molar-refractivity contribution in [2.24, 2.45) is 5.73 Å². The van der Waals surface area contributed by atoms with Crippen LogP contribution in [0.2, 0.25) is 0 Å². The summed E-state index contributed by atoms with van der Waals surface area (Å²) < 4.78 is 1.67. The van der Waals surface area contributed by atoms with E-state index in [1.807, 2.05) is 13.1 Å². The molecule has 0 aromatic carbocycles. The number of aryl methyl sites for hydroxylation is 1. The zero-order chi connectivity index (χ0) is 8.27. The van der Waals surface area contributed by atoms with Gasteiger partial charge in [-0.15, -0.1) is 0 Å². The van der Waals surface area contributed by atoms with Gasteiger partial charge in [-0.25, -0.2) is 0 Å². The number of hydrogen-bond donors (Lipinski definition) is 1. The van der Waals surface area contributed by atoms with E-state index in [0.717, 1.165) is 11.3 Å². The summed E-state index contributed by atoms with van der Waals surface area (Å²) in [6, 6.07) is 0. The van der Waals surface area contributed by atoms with Crippen LogP contribution >= 0.6 is 11.3 Å². The molecule has 0 amide bonds. The summed E-state index contributed by atoms with van der Waals surface area (Å²) in [6.07, 6.45) is 2.82. The predicted molar refractivity (Wildman–Crippen MR) is 47.0 cm³/mol. The average molecular weight is 172 g/mol. The van der Waals surface area contributed by atoms with Crippen molar-refractivity contribution in [1.29, 1.82) is 0 Å². The largest absolute Gasteiger partial charge is 0.329 e. The number of rotatable bonds is 3. The van der Waals surface area contributed by atoms with E-state index in [1.165, 1.54) is 11.3 Å². The van der Waals surface area contributed by atoms with E-state index in [4.69, 9.17) is 5.73 Å². The van der Waals surface area contributed by atoms with Gasteiger partial charge < -0.3 is 10.3 Å². The van der Waals surface area contributed by atoms with Crippen molar-refractivity contribution < 1.29 is 0 Å². The Bertz CT molecular complexity index is 276. The first kappa shape index (κ1) is 8.49. The van der Waals surface area contributed by atoms with Gasteiger partial charge >= 0.3 is 4.87 Å². The lowest BCUT2D eigenvalue weighted by Crippen LogP contribution is -2.17. The summed E-state index contributed by atoms with van der Waals surface area (Å²) in [5.41, 5.74) is 5.33. The summed E-state index contributed by atoms with van der Waals surface area (Å²) in [5, 5.41) is 0. The molecule has 3 nitrogen and oxygen atoms in total. The maximum atomic E-state index is 11.1. The highest BCUT2D eigenvalue weighted by atomic mass is 32.1. The maximum Gasteiger partial charge on any atom is 0.307 e. The zero-order valence-electron chi connectivity index (χ0n) is 6.54. The molecule has 0 spiro atoms.